The quantitative estimate of drug-likeness (QED) is 0.809. The lowest BCUT2D eigenvalue weighted by Crippen LogP contribution is -2.48. The summed E-state index contributed by atoms with van der Waals surface area (Å²) in [5, 5.41) is 15.8. The largest absolute Gasteiger partial charge is 0.465 e. The number of amides is 1. The van der Waals surface area contributed by atoms with Crippen molar-refractivity contribution in [2.24, 2.45) is 0 Å². The Kier molecular flexibility index (Phi) is 4.66. The second-order valence-electron chi connectivity index (χ2n) is 4.99. The van der Waals surface area contributed by atoms with E-state index in [1.807, 2.05) is 11.9 Å². The summed E-state index contributed by atoms with van der Waals surface area (Å²) in [6, 6.07) is 1.68. The van der Waals surface area contributed by atoms with Gasteiger partial charge in [0.15, 0.2) is 5.69 Å². The number of esters is 1. The van der Waals surface area contributed by atoms with Gasteiger partial charge in [0.05, 0.1) is 6.61 Å². The van der Waals surface area contributed by atoms with Gasteiger partial charge in [0, 0.05) is 32.2 Å². The van der Waals surface area contributed by atoms with E-state index in [1.165, 1.54) is 4.90 Å². The first-order valence-corrected chi connectivity index (χ1v) is 6.96. The van der Waals surface area contributed by atoms with E-state index in [1.54, 1.807) is 13.0 Å². The van der Waals surface area contributed by atoms with Gasteiger partial charge < -0.3 is 19.6 Å². The minimum absolute atomic E-state index is 0.0605. The van der Waals surface area contributed by atoms with Gasteiger partial charge in [0.25, 0.3) is 0 Å². The van der Waals surface area contributed by atoms with Crippen LogP contribution in [0, 0.1) is 0 Å². The Morgan fingerprint density at radius 2 is 2.38 bits per heavy atom. The van der Waals surface area contributed by atoms with Crippen LogP contribution in [-0.2, 0) is 4.74 Å². The average molecular weight is 296 g/mol. The maximum absolute atomic E-state index is 11.6. The average Bonchev–Trinajstić information content (AvgIpc) is 2.96. The second-order valence-corrected chi connectivity index (χ2v) is 4.99. The molecule has 0 bridgehead atoms. The highest BCUT2D eigenvalue weighted by molar-refractivity contribution is 5.88. The van der Waals surface area contributed by atoms with Crippen molar-refractivity contribution in [3.63, 3.8) is 0 Å². The van der Waals surface area contributed by atoms with Gasteiger partial charge in [-0.05, 0) is 19.8 Å². The van der Waals surface area contributed by atoms with E-state index in [-0.39, 0.29) is 11.7 Å². The molecule has 0 radical (unpaired) electrons. The predicted molar refractivity (Wildman–Crippen MR) is 75.6 cm³/mol. The van der Waals surface area contributed by atoms with Crippen LogP contribution < -0.4 is 4.90 Å². The highest BCUT2D eigenvalue weighted by atomic mass is 16.5. The first-order valence-electron chi connectivity index (χ1n) is 6.96. The number of nitrogens with one attached hydrogen (secondary N) is 1. The maximum atomic E-state index is 11.6. The van der Waals surface area contributed by atoms with E-state index in [2.05, 4.69) is 10.2 Å². The molecule has 1 aromatic rings. The number of piperidine rings is 1. The monoisotopic (exact) mass is 296 g/mol. The van der Waals surface area contributed by atoms with Crippen LogP contribution in [-0.4, -0.2) is 65.1 Å². The Balaban J connectivity index is 2.04. The predicted octanol–water partition coefficient (Wildman–Crippen LogP) is 1.16. The van der Waals surface area contributed by atoms with E-state index in [9.17, 15) is 9.59 Å². The zero-order valence-electron chi connectivity index (χ0n) is 12.2. The molecule has 8 heteroatoms. The lowest BCUT2D eigenvalue weighted by Gasteiger charge is -2.36. The van der Waals surface area contributed by atoms with Crippen LogP contribution in [0.2, 0.25) is 0 Å². The first-order chi connectivity index (χ1) is 10.0. The van der Waals surface area contributed by atoms with Crippen molar-refractivity contribution in [3.8, 4) is 0 Å². The summed E-state index contributed by atoms with van der Waals surface area (Å²) in [4.78, 5) is 26.0. The fourth-order valence-corrected chi connectivity index (χ4v) is 2.44. The van der Waals surface area contributed by atoms with Gasteiger partial charge in [-0.1, -0.05) is 0 Å². The molecular formula is C13H20N4O4. The number of hydrogen-bond acceptors (Lipinski definition) is 5. The summed E-state index contributed by atoms with van der Waals surface area (Å²) in [7, 11) is 1.86. The lowest BCUT2D eigenvalue weighted by atomic mass is 10.1. The Hall–Kier alpha value is -2.25. The third-order valence-corrected chi connectivity index (χ3v) is 3.64. The molecule has 1 aliphatic rings. The molecule has 21 heavy (non-hydrogen) atoms. The number of carbonyl (C=O) groups excluding carboxylic acids is 1. The minimum atomic E-state index is -0.898. The summed E-state index contributed by atoms with van der Waals surface area (Å²) in [5.41, 5.74) is 0.226. The van der Waals surface area contributed by atoms with Gasteiger partial charge in [-0.15, -0.1) is 0 Å². The number of ether oxygens (including phenoxy) is 1. The normalized spacial score (nSPS) is 18.4. The van der Waals surface area contributed by atoms with E-state index >= 15 is 0 Å². The molecule has 0 aromatic carbocycles. The highest BCUT2D eigenvalue weighted by Crippen LogP contribution is 2.20. The SMILES string of the molecule is CCOC(=O)c1cc(N(C)[C@@H]2CCCN(C(=O)O)C2)[nH]n1. The van der Waals surface area contributed by atoms with Gasteiger partial charge >= 0.3 is 12.1 Å². The summed E-state index contributed by atoms with van der Waals surface area (Å²) in [6.07, 6.45) is 0.818. The number of carbonyl (C=O) groups is 2. The van der Waals surface area contributed by atoms with Gasteiger partial charge in [0.1, 0.15) is 5.82 Å². The smallest absolute Gasteiger partial charge is 0.407 e. The fraction of sp³-hybridized carbons (Fsp3) is 0.615. The topological polar surface area (TPSA) is 98.8 Å². The number of rotatable bonds is 4. The number of H-pyrrole nitrogens is 1. The molecule has 8 nitrogen and oxygen atoms in total. The maximum Gasteiger partial charge on any atom is 0.407 e. The molecule has 1 aromatic heterocycles. The molecule has 116 valence electrons. The lowest BCUT2D eigenvalue weighted by molar-refractivity contribution is 0.0519. The number of likely N-dealkylation sites (tertiary alicyclic amines) is 1. The number of aromatic amines is 1. The molecule has 0 aliphatic carbocycles. The van der Waals surface area contributed by atoms with Crippen molar-refractivity contribution in [2.45, 2.75) is 25.8 Å². The van der Waals surface area contributed by atoms with Crippen molar-refractivity contribution >= 4 is 17.9 Å². The summed E-state index contributed by atoms with van der Waals surface area (Å²) < 4.78 is 4.89. The van der Waals surface area contributed by atoms with Crippen LogP contribution >= 0.6 is 0 Å². The first kappa shape index (κ1) is 15.1. The minimum Gasteiger partial charge on any atom is -0.465 e. The molecule has 1 fully saturated rings. The molecule has 2 N–H and O–H groups in total. The standard InChI is InChI=1S/C13H20N4O4/c1-3-21-12(18)10-7-11(15-14-10)16(2)9-5-4-6-17(8-9)13(19)20/h7,9H,3-6,8H2,1-2H3,(H,14,15)(H,19,20)/t9-/m1/s1. The van der Waals surface area contributed by atoms with E-state index in [0.717, 1.165) is 12.8 Å². The number of anilines is 1. The third kappa shape index (κ3) is 3.45. The van der Waals surface area contributed by atoms with Crippen LogP contribution in [0.3, 0.4) is 0 Å². The van der Waals surface area contributed by atoms with Crippen molar-refractivity contribution in [1.29, 1.82) is 0 Å². The van der Waals surface area contributed by atoms with Crippen LogP contribution in [0.1, 0.15) is 30.3 Å². The molecular weight excluding hydrogens is 276 g/mol. The number of likely N-dealkylation sites (N-methyl/N-ethyl adjacent to an activating group) is 1. The Labute approximate surface area is 122 Å². The molecule has 1 atom stereocenters. The van der Waals surface area contributed by atoms with Crippen LogP contribution in [0.25, 0.3) is 0 Å². The molecule has 0 unspecified atom stereocenters. The molecule has 2 rings (SSSR count). The van der Waals surface area contributed by atoms with Gasteiger partial charge in [-0.25, -0.2) is 9.59 Å². The highest BCUT2D eigenvalue weighted by Gasteiger charge is 2.27. The molecule has 0 spiro atoms. The molecule has 1 aliphatic heterocycles. The summed E-state index contributed by atoms with van der Waals surface area (Å²) in [6.45, 7) is 3.05. The third-order valence-electron chi connectivity index (χ3n) is 3.64. The van der Waals surface area contributed by atoms with Crippen molar-refractivity contribution in [3.05, 3.63) is 11.8 Å². The zero-order chi connectivity index (χ0) is 15.4. The van der Waals surface area contributed by atoms with Crippen LogP contribution in [0.5, 0.6) is 0 Å². The van der Waals surface area contributed by atoms with Crippen molar-refractivity contribution in [1.82, 2.24) is 15.1 Å². The molecule has 0 saturated carbocycles. The fourth-order valence-electron chi connectivity index (χ4n) is 2.44. The Morgan fingerprint density at radius 3 is 3.05 bits per heavy atom. The summed E-state index contributed by atoms with van der Waals surface area (Å²) in [5.74, 6) is 0.208. The van der Waals surface area contributed by atoms with Gasteiger partial charge in [0.2, 0.25) is 0 Å². The Morgan fingerprint density at radius 1 is 1.62 bits per heavy atom. The number of hydrogen-bond donors (Lipinski definition) is 2. The van der Waals surface area contributed by atoms with Crippen LogP contribution in [0.4, 0.5) is 10.6 Å². The van der Waals surface area contributed by atoms with E-state index in [0.29, 0.717) is 25.5 Å². The number of aromatic nitrogens is 2. The van der Waals surface area contributed by atoms with E-state index in [4.69, 9.17) is 9.84 Å². The molecule has 1 amide bonds. The number of carboxylic acid groups (broad SMARTS) is 1. The Bertz CT molecular complexity index is 516. The van der Waals surface area contributed by atoms with Gasteiger partial charge in [-0.2, -0.15) is 5.10 Å². The van der Waals surface area contributed by atoms with Crippen molar-refractivity contribution < 1.29 is 19.4 Å². The van der Waals surface area contributed by atoms with Crippen LogP contribution in [0.15, 0.2) is 6.07 Å². The molecule has 1 saturated heterocycles. The summed E-state index contributed by atoms with van der Waals surface area (Å²) >= 11 is 0. The van der Waals surface area contributed by atoms with E-state index < -0.39 is 12.1 Å². The number of nitrogens with zero attached hydrogens (tertiary/aromatic N) is 3. The van der Waals surface area contributed by atoms with Crippen molar-refractivity contribution in [2.75, 3.05) is 31.6 Å². The zero-order valence-corrected chi connectivity index (χ0v) is 12.2. The molecule has 2 heterocycles. The van der Waals surface area contributed by atoms with Gasteiger partial charge in [-0.3, -0.25) is 5.10 Å². The second kappa shape index (κ2) is 6.47.